The van der Waals surface area contributed by atoms with Crippen molar-refractivity contribution in [3.8, 4) is 0 Å². The van der Waals surface area contributed by atoms with Gasteiger partial charge in [0.25, 0.3) is 0 Å². The van der Waals surface area contributed by atoms with E-state index in [1.165, 1.54) is 0 Å². The molecule has 1 unspecified atom stereocenters. The highest BCUT2D eigenvalue weighted by molar-refractivity contribution is 7.09. The number of nitrogens with one attached hydrogen (secondary N) is 1. The lowest BCUT2D eigenvalue weighted by atomic mass is 10.1. The lowest BCUT2D eigenvalue weighted by Crippen LogP contribution is -2.44. The van der Waals surface area contributed by atoms with Crippen LogP contribution in [-0.4, -0.2) is 38.1 Å². The molecule has 98 valence electrons. The number of aromatic nitrogens is 1. The molecule has 0 saturated heterocycles. The Bertz CT molecular complexity index is 313. The second-order valence-corrected chi connectivity index (χ2v) is 5.02. The zero-order chi connectivity index (χ0) is 12.7. The molecule has 1 atom stereocenters. The van der Waals surface area contributed by atoms with Crippen molar-refractivity contribution in [3.05, 3.63) is 16.1 Å². The molecule has 0 aliphatic rings. The summed E-state index contributed by atoms with van der Waals surface area (Å²) in [5.74, 6) is 0. The molecule has 1 rings (SSSR count). The van der Waals surface area contributed by atoms with Crippen LogP contribution in [0.2, 0.25) is 0 Å². The second-order valence-electron chi connectivity index (χ2n) is 3.96. The van der Waals surface area contributed by atoms with Crippen LogP contribution in [0, 0.1) is 6.92 Å². The summed E-state index contributed by atoms with van der Waals surface area (Å²) in [6, 6.07) is 0.145. The van der Waals surface area contributed by atoms with E-state index in [2.05, 4.69) is 22.6 Å². The SMILES string of the molecule is CCCNC(Cc1csc(C)n1)C(OC)OC. The summed E-state index contributed by atoms with van der Waals surface area (Å²) in [4.78, 5) is 4.48. The van der Waals surface area contributed by atoms with Crippen LogP contribution < -0.4 is 5.32 Å². The quantitative estimate of drug-likeness (QED) is 0.724. The number of thiazole rings is 1. The third kappa shape index (κ3) is 4.71. The zero-order valence-corrected chi connectivity index (χ0v) is 11.8. The van der Waals surface area contributed by atoms with E-state index < -0.39 is 0 Å². The van der Waals surface area contributed by atoms with Gasteiger partial charge in [-0.3, -0.25) is 0 Å². The predicted octanol–water partition coefficient (Wildman–Crippen LogP) is 1.98. The van der Waals surface area contributed by atoms with Crippen LogP contribution in [0.5, 0.6) is 0 Å². The number of ether oxygens (including phenoxy) is 2. The van der Waals surface area contributed by atoms with E-state index in [0.717, 1.165) is 30.1 Å². The molecule has 17 heavy (non-hydrogen) atoms. The van der Waals surface area contributed by atoms with Gasteiger partial charge in [0, 0.05) is 26.0 Å². The summed E-state index contributed by atoms with van der Waals surface area (Å²) in [6.07, 6.45) is 1.69. The Morgan fingerprint density at radius 1 is 1.41 bits per heavy atom. The lowest BCUT2D eigenvalue weighted by Gasteiger charge is -2.25. The van der Waals surface area contributed by atoms with E-state index in [4.69, 9.17) is 9.47 Å². The zero-order valence-electron chi connectivity index (χ0n) is 11.0. The van der Waals surface area contributed by atoms with Crippen LogP contribution in [0.25, 0.3) is 0 Å². The van der Waals surface area contributed by atoms with Crippen molar-refractivity contribution in [2.24, 2.45) is 0 Å². The molecule has 0 spiro atoms. The topological polar surface area (TPSA) is 43.4 Å². The largest absolute Gasteiger partial charge is 0.354 e. The molecule has 0 aliphatic heterocycles. The Labute approximate surface area is 107 Å². The van der Waals surface area contributed by atoms with E-state index in [0.29, 0.717) is 0 Å². The van der Waals surface area contributed by atoms with Gasteiger partial charge in [-0.15, -0.1) is 11.3 Å². The van der Waals surface area contributed by atoms with Crippen molar-refractivity contribution in [3.63, 3.8) is 0 Å². The molecule has 1 heterocycles. The molecule has 5 heteroatoms. The van der Waals surface area contributed by atoms with Gasteiger partial charge in [-0.2, -0.15) is 0 Å². The molecule has 0 saturated carbocycles. The summed E-state index contributed by atoms with van der Waals surface area (Å²) < 4.78 is 10.7. The summed E-state index contributed by atoms with van der Waals surface area (Å²) in [5.41, 5.74) is 1.10. The van der Waals surface area contributed by atoms with Crippen molar-refractivity contribution in [1.82, 2.24) is 10.3 Å². The van der Waals surface area contributed by atoms with Gasteiger partial charge < -0.3 is 14.8 Å². The first-order chi connectivity index (χ1) is 8.21. The average Bonchev–Trinajstić information content (AvgIpc) is 2.73. The van der Waals surface area contributed by atoms with E-state index in [9.17, 15) is 0 Å². The maximum Gasteiger partial charge on any atom is 0.172 e. The first-order valence-electron chi connectivity index (χ1n) is 5.91. The fourth-order valence-electron chi connectivity index (χ4n) is 1.75. The number of methoxy groups -OCH3 is 2. The van der Waals surface area contributed by atoms with Crippen molar-refractivity contribution in [2.45, 2.75) is 39.0 Å². The fourth-order valence-corrected chi connectivity index (χ4v) is 2.37. The molecule has 1 aromatic heterocycles. The Balaban J connectivity index is 2.61. The number of aryl methyl sites for hydroxylation is 1. The summed E-state index contributed by atoms with van der Waals surface area (Å²) in [7, 11) is 3.34. The smallest absolute Gasteiger partial charge is 0.172 e. The minimum Gasteiger partial charge on any atom is -0.354 e. The summed E-state index contributed by atoms with van der Waals surface area (Å²) in [6.45, 7) is 5.12. The lowest BCUT2D eigenvalue weighted by molar-refractivity contribution is -0.122. The molecule has 1 aromatic rings. The highest BCUT2D eigenvalue weighted by Gasteiger charge is 2.21. The molecular formula is C12H22N2O2S. The number of hydrogen-bond acceptors (Lipinski definition) is 5. The molecule has 0 aromatic carbocycles. The minimum absolute atomic E-state index is 0.145. The average molecular weight is 258 g/mol. The minimum atomic E-state index is -0.233. The molecule has 0 radical (unpaired) electrons. The monoisotopic (exact) mass is 258 g/mol. The molecule has 4 nitrogen and oxygen atoms in total. The normalized spacial score (nSPS) is 13.2. The molecule has 0 amide bonds. The highest BCUT2D eigenvalue weighted by atomic mass is 32.1. The van der Waals surface area contributed by atoms with E-state index in [-0.39, 0.29) is 12.3 Å². The number of rotatable bonds is 8. The summed E-state index contributed by atoms with van der Waals surface area (Å²) >= 11 is 1.68. The van der Waals surface area contributed by atoms with Gasteiger partial charge in [-0.1, -0.05) is 6.92 Å². The molecule has 0 aliphatic carbocycles. The summed E-state index contributed by atoms with van der Waals surface area (Å²) in [5, 5.41) is 6.64. The van der Waals surface area contributed by atoms with Gasteiger partial charge in [-0.05, 0) is 19.9 Å². The fraction of sp³-hybridized carbons (Fsp3) is 0.750. The van der Waals surface area contributed by atoms with Crippen LogP contribution in [0.4, 0.5) is 0 Å². The van der Waals surface area contributed by atoms with E-state index in [1.54, 1.807) is 25.6 Å². The van der Waals surface area contributed by atoms with Crippen molar-refractivity contribution in [1.29, 1.82) is 0 Å². The second kappa shape index (κ2) is 7.76. The Kier molecular flexibility index (Phi) is 6.65. The van der Waals surface area contributed by atoms with Crippen LogP contribution >= 0.6 is 11.3 Å². The van der Waals surface area contributed by atoms with Crippen LogP contribution in [-0.2, 0) is 15.9 Å². The van der Waals surface area contributed by atoms with E-state index >= 15 is 0 Å². The van der Waals surface area contributed by atoms with Gasteiger partial charge in [0.15, 0.2) is 6.29 Å². The highest BCUT2D eigenvalue weighted by Crippen LogP contribution is 2.12. The predicted molar refractivity (Wildman–Crippen MR) is 70.4 cm³/mol. The van der Waals surface area contributed by atoms with Crippen LogP contribution in [0.1, 0.15) is 24.0 Å². The van der Waals surface area contributed by atoms with Crippen LogP contribution in [0.3, 0.4) is 0 Å². The molecule has 1 N–H and O–H groups in total. The van der Waals surface area contributed by atoms with E-state index in [1.807, 2.05) is 6.92 Å². The first kappa shape index (κ1) is 14.6. The molecular weight excluding hydrogens is 236 g/mol. The van der Waals surface area contributed by atoms with Crippen molar-refractivity contribution < 1.29 is 9.47 Å². The number of nitrogens with zero attached hydrogens (tertiary/aromatic N) is 1. The number of hydrogen-bond donors (Lipinski definition) is 1. The Morgan fingerprint density at radius 3 is 2.59 bits per heavy atom. The van der Waals surface area contributed by atoms with Crippen molar-refractivity contribution in [2.75, 3.05) is 20.8 Å². The Morgan fingerprint density at radius 2 is 2.12 bits per heavy atom. The molecule has 0 bridgehead atoms. The maximum atomic E-state index is 5.33. The van der Waals surface area contributed by atoms with Gasteiger partial charge in [0.2, 0.25) is 0 Å². The van der Waals surface area contributed by atoms with Gasteiger partial charge in [0.1, 0.15) is 0 Å². The van der Waals surface area contributed by atoms with Crippen LogP contribution in [0.15, 0.2) is 5.38 Å². The van der Waals surface area contributed by atoms with Crippen molar-refractivity contribution >= 4 is 11.3 Å². The first-order valence-corrected chi connectivity index (χ1v) is 6.79. The standard InChI is InChI=1S/C12H22N2O2S/c1-5-6-13-11(12(15-3)16-4)7-10-8-17-9(2)14-10/h8,11-13H,5-7H2,1-4H3. The van der Waals surface area contributed by atoms with Gasteiger partial charge >= 0.3 is 0 Å². The van der Waals surface area contributed by atoms with Gasteiger partial charge in [-0.25, -0.2) is 4.98 Å². The molecule has 0 fully saturated rings. The third-order valence-corrected chi connectivity index (χ3v) is 3.37. The van der Waals surface area contributed by atoms with Gasteiger partial charge in [0.05, 0.1) is 16.7 Å². The Hall–Kier alpha value is -0.490. The third-order valence-electron chi connectivity index (χ3n) is 2.55. The maximum absolute atomic E-state index is 5.33.